The van der Waals surface area contributed by atoms with E-state index in [1.165, 1.54) is 36.2 Å². The largest absolute Gasteiger partial charge is 0.481 e. The summed E-state index contributed by atoms with van der Waals surface area (Å²) in [6, 6.07) is 6.28. The number of thiazole rings is 1. The number of hydrogen-bond acceptors (Lipinski definition) is 7. The normalized spacial score (nSPS) is 16.9. The van der Waals surface area contributed by atoms with E-state index < -0.39 is 11.4 Å². The highest BCUT2D eigenvalue weighted by Crippen LogP contribution is 2.49. The SMILES string of the molecule is CC(C)NC(=O)c1cc(-c2sc(-c3nnc(CC(C)(C)C(=O)O)o3)nc2CC2CCC2)cc(C2(C)CC2)c1. The van der Waals surface area contributed by atoms with Gasteiger partial charge in [0.15, 0.2) is 5.01 Å². The molecule has 1 aromatic carbocycles. The molecule has 0 atom stereocenters. The van der Waals surface area contributed by atoms with Gasteiger partial charge in [-0.25, -0.2) is 4.98 Å². The van der Waals surface area contributed by atoms with Gasteiger partial charge in [0.25, 0.3) is 11.8 Å². The van der Waals surface area contributed by atoms with Crippen LogP contribution >= 0.6 is 11.3 Å². The minimum absolute atomic E-state index is 0.0492. The van der Waals surface area contributed by atoms with Gasteiger partial charge in [-0.2, -0.15) is 0 Å². The van der Waals surface area contributed by atoms with Gasteiger partial charge in [-0.3, -0.25) is 9.59 Å². The second-order valence-electron chi connectivity index (χ2n) is 12.2. The average molecular weight is 537 g/mol. The van der Waals surface area contributed by atoms with Crippen molar-refractivity contribution in [2.75, 3.05) is 0 Å². The van der Waals surface area contributed by atoms with Gasteiger partial charge in [0.2, 0.25) is 5.89 Å². The molecule has 8 nitrogen and oxygen atoms in total. The fraction of sp³-hybridized carbons (Fsp3) is 0.552. The number of nitrogens with zero attached hydrogens (tertiary/aromatic N) is 3. The van der Waals surface area contributed by atoms with Crippen molar-refractivity contribution >= 4 is 23.2 Å². The third-order valence-electron chi connectivity index (χ3n) is 7.80. The molecule has 0 spiro atoms. The highest BCUT2D eigenvalue weighted by Gasteiger charge is 2.40. The van der Waals surface area contributed by atoms with Crippen LogP contribution < -0.4 is 5.32 Å². The van der Waals surface area contributed by atoms with Gasteiger partial charge < -0.3 is 14.8 Å². The predicted molar refractivity (Wildman–Crippen MR) is 146 cm³/mol. The molecule has 0 saturated heterocycles. The van der Waals surface area contributed by atoms with Gasteiger partial charge >= 0.3 is 5.97 Å². The van der Waals surface area contributed by atoms with E-state index in [9.17, 15) is 14.7 Å². The maximum absolute atomic E-state index is 13.0. The van der Waals surface area contributed by atoms with Crippen molar-refractivity contribution in [1.82, 2.24) is 20.5 Å². The molecule has 2 fully saturated rings. The lowest BCUT2D eigenvalue weighted by atomic mass is 9.81. The quantitative estimate of drug-likeness (QED) is 0.324. The van der Waals surface area contributed by atoms with Crippen LogP contribution in [0.4, 0.5) is 0 Å². The molecule has 38 heavy (non-hydrogen) atoms. The van der Waals surface area contributed by atoms with Crippen molar-refractivity contribution in [3.63, 3.8) is 0 Å². The number of nitrogens with one attached hydrogen (secondary N) is 1. The molecular weight excluding hydrogens is 500 g/mol. The molecule has 2 heterocycles. The zero-order chi connectivity index (χ0) is 27.2. The summed E-state index contributed by atoms with van der Waals surface area (Å²) in [4.78, 5) is 30.6. The molecule has 2 aliphatic rings. The monoisotopic (exact) mass is 536 g/mol. The summed E-state index contributed by atoms with van der Waals surface area (Å²) in [5, 5.41) is 21.5. The molecule has 2 saturated carbocycles. The van der Waals surface area contributed by atoms with E-state index in [1.54, 1.807) is 13.8 Å². The molecule has 0 unspecified atom stereocenters. The van der Waals surface area contributed by atoms with E-state index in [2.05, 4.69) is 28.5 Å². The van der Waals surface area contributed by atoms with Crippen LogP contribution in [-0.4, -0.2) is 38.2 Å². The molecule has 1 amide bonds. The summed E-state index contributed by atoms with van der Waals surface area (Å²) in [5.74, 6) is 0.195. The van der Waals surface area contributed by atoms with Crippen LogP contribution in [0.15, 0.2) is 22.6 Å². The minimum Gasteiger partial charge on any atom is -0.481 e. The van der Waals surface area contributed by atoms with E-state index in [-0.39, 0.29) is 29.7 Å². The van der Waals surface area contributed by atoms with Crippen LogP contribution in [0.3, 0.4) is 0 Å². The van der Waals surface area contributed by atoms with Gasteiger partial charge in [-0.1, -0.05) is 26.2 Å². The first kappa shape index (κ1) is 26.5. The number of carboxylic acids is 1. The van der Waals surface area contributed by atoms with Crippen molar-refractivity contribution in [2.24, 2.45) is 11.3 Å². The maximum atomic E-state index is 13.0. The lowest BCUT2D eigenvalue weighted by molar-refractivity contribution is -0.147. The molecule has 2 aliphatic carbocycles. The average Bonchev–Trinajstić information content (AvgIpc) is 3.22. The Morgan fingerprint density at radius 2 is 1.95 bits per heavy atom. The zero-order valence-corrected chi connectivity index (χ0v) is 23.6. The van der Waals surface area contributed by atoms with E-state index in [0.29, 0.717) is 22.4 Å². The zero-order valence-electron chi connectivity index (χ0n) is 22.8. The molecule has 202 valence electrons. The number of rotatable bonds is 10. The molecule has 9 heteroatoms. The summed E-state index contributed by atoms with van der Waals surface area (Å²) in [6.45, 7) is 9.46. The fourth-order valence-electron chi connectivity index (χ4n) is 4.70. The predicted octanol–water partition coefficient (Wildman–Crippen LogP) is 6.05. The van der Waals surface area contributed by atoms with Gasteiger partial charge in [0.05, 0.1) is 16.0 Å². The topological polar surface area (TPSA) is 118 Å². The standard InChI is InChI=1S/C29H36N4O4S/c1-16(2)30-24(34)19-12-18(13-20(14-19)29(5)9-10-29)23-21(11-17-7-6-8-17)31-26(38-23)25-33-32-22(37-25)15-28(3,4)27(35)36/h12-14,16-17H,6-11,15H2,1-5H3,(H,30,34)(H,35,36). The number of carboxylic acid groups (broad SMARTS) is 1. The van der Waals surface area contributed by atoms with Crippen LogP contribution in [0.25, 0.3) is 21.3 Å². The maximum Gasteiger partial charge on any atom is 0.309 e. The van der Waals surface area contributed by atoms with Gasteiger partial charge in [0, 0.05) is 18.0 Å². The van der Waals surface area contributed by atoms with Gasteiger partial charge in [-0.15, -0.1) is 21.5 Å². The molecule has 0 bridgehead atoms. The van der Waals surface area contributed by atoms with E-state index in [4.69, 9.17) is 9.40 Å². The van der Waals surface area contributed by atoms with E-state index in [1.807, 2.05) is 26.0 Å². The van der Waals surface area contributed by atoms with Crippen molar-refractivity contribution in [1.29, 1.82) is 0 Å². The molecule has 3 aromatic rings. The number of hydrogen-bond donors (Lipinski definition) is 2. The van der Waals surface area contributed by atoms with Crippen molar-refractivity contribution in [3.05, 3.63) is 40.9 Å². The summed E-state index contributed by atoms with van der Waals surface area (Å²) in [7, 11) is 0. The van der Waals surface area contributed by atoms with Crippen molar-refractivity contribution in [3.8, 4) is 21.3 Å². The van der Waals surface area contributed by atoms with Crippen molar-refractivity contribution in [2.45, 2.75) is 91.0 Å². The second-order valence-corrected chi connectivity index (χ2v) is 13.1. The fourth-order valence-corrected chi connectivity index (χ4v) is 5.70. The van der Waals surface area contributed by atoms with E-state index in [0.717, 1.165) is 35.4 Å². The third kappa shape index (κ3) is 5.53. The molecule has 5 rings (SSSR count). The van der Waals surface area contributed by atoms with Gasteiger partial charge in [-0.05, 0) is 87.6 Å². The van der Waals surface area contributed by atoms with Crippen LogP contribution in [0.2, 0.25) is 0 Å². The first-order chi connectivity index (χ1) is 17.9. The first-order valence-corrected chi connectivity index (χ1v) is 14.3. The Labute approximate surface area is 227 Å². The van der Waals surface area contributed by atoms with Gasteiger partial charge in [0.1, 0.15) is 0 Å². The molecule has 2 aromatic heterocycles. The van der Waals surface area contributed by atoms with E-state index >= 15 is 0 Å². The summed E-state index contributed by atoms with van der Waals surface area (Å²) in [5.41, 5.74) is 2.93. The van der Waals surface area contributed by atoms with Crippen molar-refractivity contribution < 1.29 is 19.1 Å². The summed E-state index contributed by atoms with van der Waals surface area (Å²) in [6.07, 6.45) is 6.87. The number of carbonyl (C=O) groups excluding carboxylic acids is 1. The van der Waals surface area contributed by atoms with Crippen LogP contribution in [-0.2, 0) is 23.1 Å². The Bertz CT molecular complexity index is 1360. The Morgan fingerprint density at radius 3 is 2.55 bits per heavy atom. The Morgan fingerprint density at radius 1 is 1.21 bits per heavy atom. The lowest BCUT2D eigenvalue weighted by Gasteiger charge is -2.24. The Hall–Kier alpha value is -3.07. The number of amides is 1. The lowest BCUT2D eigenvalue weighted by Crippen LogP contribution is -2.30. The first-order valence-electron chi connectivity index (χ1n) is 13.5. The molecule has 0 aliphatic heterocycles. The summed E-state index contributed by atoms with van der Waals surface area (Å²) >= 11 is 1.50. The molecule has 0 radical (unpaired) electrons. The number of aromatic nitrogens is 3. The number of aliphatic carboxylic acids is 1. The Balaban J connectivity index is 1.54. The highest BCUT2D eigenvalue weighted by molar-refractivity contribution is 7.18. The second kappa shape index (κ2) is 9.91. The van der Waals surface area contributed by atoms with Crippen LogP contribution in [0.5, 0.6) is 0 Å². The third-order valence-corrected chi connectivity index (χ3v) is 8.93. The molecule has 2 N–H and O–H groups in total. The number of carbonyl (C=O) groups is 2. The minimum atomic E-state index is -1.01. The molecular formula is C29H36N4O4S. The summed E-state index contributed by atoms with van der Waals surface area (Å²) < 4.78 is 5.90. The van der Waals surface area contributed by atoms with Crippen LogP contribution in [0, 0.1) is 11.3 Å². The highest BCUT2D eigenvalue weighted by atomic mass is 32.1. The Kier molecular flexibility index (Phi) is 6.92. The smallest absolute Gasteiger partial charge is 0.309 e. The van der Waals surface area contributed by atoms with Crippen LogP contribution in [0.1, 0.15) is 94.2 Å². The number of benzene rings is 1.